The smallest absolute Gasteiger partial charge is 0.148 e. The predicted molar refractivity (Wildman–Crippen MR) is 109 cm³/mol. The summed E-state index contributed by atoms with van der Waals surface area (Å²) in [5.41, 5.74) is 4.19. The van der Waals surface area contributed by atoms with Crippen molar-refractivity contribution in [2.45, 2.75) is 6.42 Å². The Hall–Kier alpha value is -3.15. The van der Waals surface area contributed by atoms with Crippen LogP contribution in [0.5, 0.6) is 0 Å². The van der Waals surface area contributed by atoms with E-state index in [4.69, 9.17) is 0 Å². The number of aromatic nitrogens is 2. The monoisotopic (exact) mass is 378 g/mol. The van der Waals surface area contributed by atoms with E-state index < -0.39 is 0 Å². The van der Waals surface area contributed by atoms with Crippen LogP contribution in [-0.4, -0.2) is 36.1 Å². The van der Waals surface area contributed by atoms with Crippen molar-refractivity contribution < 1.29 is 8.78 Å². The highest BCUT2D eigenvalue weighted by Gasteiger charge is 2.21. The minimum absolute atomic E-state index is 0.236. The standard InChI is InChI=1S/C22H20F2N4/c23-16-5-7-17(8-6-16)27-9-11-28(12-10-27)21-14-20-19(13-18(21)24)25-22(26-20)15-3-1-2-4-15/h1-3,5-8,13-14H,4,9-12H2,(H,25,26). The first-order valence-electron chi connectivity index (χ1n) is 9.48. The van der Waals surface area contributed by atoms with Crippen LogP contribution >= 0.6 is 0 Å². The lowest BCUT2D eigenvalue weighted by Crippen LogP contribution is -2.46. The summed E-state index contributed by atoms with van der Waals surface area (Å²) in [6.45, 7) is 2.92. The third kappa shape index (κ3) is 3.05. The van der Waals surface area contributed by atoms with Gasteiger partial charge in [-0.2, -0.15) is 0 Å². The van der Waals surface area contributed by atoms with Gasteiger partial charge >= 0.3 is 0 Å². The normalized spacial score (nSPS) is 16.9. The van der Waals surface area contributed by atoms with Gasteiger partial charge in [0.1, 0.15) is 17.5 Å². The van der Waals surface area contributed by atoms with Crippen LogP contribution in [0.1, 0.15) is 12.2 Å². The lowest BCUT2D eigenvalue weighted by molar-refractivity contribution is 0.598. The van der Waals surface area contributed by atoms with E-state index in [2.05, 4.69) is 25.8 Å². The van der Waals surface area contributed by atoms with Gasteiger partial charge in [0, 0.05) is 37.9 Å². The molecule has 1 fully saturated rings. The fourth-order valence-corrected chi connectivity index (χ4v) is 3.89. The minimum atomic E-state index is -0.239. The van der Waals surface area contributed by atoms with Gasteiger partial charge in [-0.25, -0.2) is 13.8 Å². The molecule has 6 heteroatoms. The molecule has 0 bridgehead atoms. The summed E-state index contributed by atoms with van der Waals surface area (Å²) in [5.74, 6) is 0.328. The number of hydrogen-bond donors (Lipinski definition) is 1. The molecule has 142 valence electrons. The van der Waals surface area contributed by atoms with Crippen molar-refractivity contribution in [3.05, 3.63) is 72.1 Å². The molecular formula is C22H20F2N4. The van der Waals surface area contributed by atoms with E-state index in [1.807, 2.05) is 18.2 Å². The molecule has 0 saturated carbocycles. The average Bonchev–Trinajstić information content (AvgIpc) is 3.37. The summed E-state index contributed by atoms with van der Waals surface area (Å²) in [6.07, 6.45) is 6.97. The fraction of sp³-hybridized carbons (Fsp3) is 0.227. The Bertz CT molecular complexity index is 1070. The number of hydrogen-bond acceptors (Lipinski definition) is 3. The van der Waals surface area contributed by atoms with E-state index in [1.54, 1.807) is 12.1 Å². The fourth-order valence-electron chi connectivity index (χ4n) is 3.89. The van der Waals surface area contributed by atoms with Crippen LogP contribution in [0.4, 0.5) is 20.2 Å². The molecule has 3 aromatic rings. The summed E-state index contributed by atoms with van der Waals surface area (Å²) in [6, 6.07) is 9.89. The van der Waals surface area contributed by atoms with Crippen molar-refractivity contribution in [1.29, 1.82) is 0 Å². The molecule has 0 unspecified atom stereocenters. The molecule has 1 aliphatic heterocycles. The van der Waals surface area contributed by atoms with Gasteiger partial charge in [0.25, 0.3) is 0 Å². The van der Waals surface area contributed by atoms with Crippen molar-refractivity contribution in [3.8, 4) is 0 Å². The van der Waals surface area contributed by atoms with E-state index in [0.717, 1.165) is 42.1 Å². The Kier molecular flexibility index (Phi) is 4.11. The lowest BCUT2D eigenvalue weighted by atomic mass is 10.2. The van der Waals surface area contributed by atoms with Gasteiger partial charge in [-0.1, -0.05) is 18.2 Å². The molecule has 1 saturated heterocycles. The van der Waals surface area contributed by atoms with E-state index in [-0.39, 0.29) is 11.6 Å². The zero-order valence-electron chi connectivity index (χ0n) is 15.3. The Morgan fingerprint density at radius 1 is 0.929 bits per heavy atom. The van der Waals surface area contributed by atoms with E-state index in [1.165, 1.54) is 18.2 Å². The highest BCUT2D eigenvalue weighted by molar-refractivity contribution is 5.83. The number of anilines is 2. The maximum absolute atomic E-state index is 14.8. The molecule has 0 spiro atoms. The second kappa shape index (κ2) is 6.78. The first-order chi connectivity index (χ1) is 13.7. The van der Waals surface area contributed by atoms with Crippen molar-refractivity contribution in [2.75, 3.05) is 36.0 Å². The lowest BCUT2D eigenvalue weighted by Gasteiger charge is -2.37. The average molecular weight is 378 g/mol. The summed E-state index contributed by atoms with van der Waals surface area (Å²) < 4.78 is 27.9. The molecular weight excluding hydrogens is 358 g/mol. The number of nitrogens with one attached hydrogen (secondary N) is 1. The third-order valence-electron chi connectivity index (χ3n) is 5.44. The molecule has 2 heterocycles. The first-order valence-corrected chi connectivity index (χ1v) is 9.48. The zero-order valence-corrected chi connectivity index (χ0v) is 15.3. The number of H-pyrrole nitrogens is 1. The highest BCUT2D eigenvalue weighted by atomic mass is 19.1. The van der Waals surface area contributed by atoms with Crippen LogP contribution in [-0.2, 0) is 0 Å². The summed E-state index contributed by atoms with van der Waals surface area (Å²) in [4.78, 5) is 12.1. The molecule has 2 aliphatic rings. The minimum Gasteiger partial charge on any atom is -0.368 e. The van der Waals surface area contributed by atoms with Crippen LogP contribution < -0.4 is 9.80 Å². The molecule has 1 aromatic heterocycles. The van der Waals surface area contributed by atoms with Gasteiger partial charge in [-0.15, -0.1) is 0 Å². The number of nitrogens with zero attached hydrogens (tertiary/aromatic N) is 3. The zero-order chi connectivity index (χ0) is 19.1. The second-order valence-corrected chi connectivity index (χ2v) is 7.18. The van der Waals surface area contributed by atoms with E-state index in [0.29, 0.717) is 24.3 Å². The van der Waals surface area contributed by atoms with Gasteiger partial charge in [0.2, 0.25) is 0 Å². The Labute approximate surface area is 161 Å². The van der Waals surface area contributed by atoms with Crippen molar-refractivity contribution in [3.63, 3.8) is 0 Å². The predicted octanol–water partition coefficient (Wildman–Crippen LogP) is 4.51. The van der Waals surface area contributed by atoms with E-state index >= 15 is 0 Å². The largest absolute Gasteiger partial charge is 0.368 e. The maximum Gasteiger partial charge on any atom is 0.148 e. The topological polar surface area (TPSA) is 35.2 Å². The summed E-state index contributed by atoms with van der Waals surface area (Å²) in [5, 5.41) is 0. The number of fused-ring (bicyclic) bond motifs is 1. The van der Waals surface area contributed by atoms with E-state index in [9.17, 15) is 8.78 Å². The summed E-state index contributed by atoms with van der Waals surface area (Å²) >= 11 is 0. The molecule has 28 heavy (non-hydrogen) atoms. The Morgan fingerprint density at radius 3 is 2.39 bits per heavy atom. The van der Waals surface area contributed by atoms with Gasteiger partial charge < -0.3 is 14.8 Å². The van der Waals surface area contributed by atoms with Gasteiger partial charge in [0.15, 0.2) is 0 Å². The highest BCUT2D eigenvalue weighted by Crippen LogP contribution is 2.29. The third-order valence-corrected chi connectivity index (χ3v) is 5.44. The molecule has 2 aromatic carbocycles. The SMILES string of the molecule is Fc1ccc(N2CCN(c3cc4nc(C5=CC=CC5)[nH]c4cc3F)CC2)cc1. The van der Waals surface area contributed by atoms with Gasteiger partial charge in [0.05, 0.1) is 16.7 Å². The molecule has 0 atom stereocenters. The number of piperazine rings is 1. The van der Waals surface area contributed by atoms with Crippen LogP contribution in [0, 0.1) is 11.6 Å². The van der Waals surface area contributed by atoms with Crippen LogP contribution in [0.25, 0.3) is 16.6 Å². The Morgan fingerprint density at radius 2 is 1.68 bits per heavy atom. The molecule has 0 amide bonds. The van der Waals surface area contributed by atoms with Crippen LogP contribution in [0.3, 0.4) is 0 Å². The molecule has 5 rings (SSSR count). The first kappa shape index (κ1) is 17.0. The van der Waals surface area contributed by atoms with Gasteiger partial charge in [-0.3, -0.25) is 0 Å². The van der Waals surface area contributed by atoms with Crippen LogP contribution in [0.15, 0.2) is 54.6 Å². The number of aromatic amines is 1. The number of benzene rings is 2. The number of imidazole rings is 1. The maximum atomic E-state index is 14.8. The number of halogens is 2. The quantitative estimate of drug-likeness (QED) is 0.728. The molecule has 4 nitrogen and oxygen atoms in total. The van der Waals surface area contributed by atoms with Crippen molar-refractivity contribution >= 4 is 28.0 Å². The van der Waals surface area contributed by atoms with Crippen molar-refractivity contribution in [1.82, 2.24) is 9.97 Å². The molecule has 1 N–H and O–H groups in total. The molecule has 1 aliphatic carbocycles. The van der Waals surface area contributed by atoms with Gasteiger partial charge in [-0.05, 0) is 42.3 Å². The van der Waals surface area contributed by atoms with Crippen LogP contribution in [0.2, 0.25) is 0 Å². The second-order valence-electron chi connectivity index (χ2n) is 7.18. The molecule has 0 radical (unpaired) electrons. The number of rotatable bonds is 3. The number of allylic oxidation sites excluding steroid dienone is 4. The Balaban J connectivity index is 1.36. The van der Waals surface area contributed by atoms with Crippen molar-refractivity contribution in [2.24, 2.45) is 0 Å². The summed E-state index contributed by atoms with van der Waals surface area (Å²) in [7, 11) is 0.